The highest BCUT2D eigenvalue weighted by Crippen LogP contribution is 2.48. The van der Waals surface area contributed by atoms with Crippen LogP contribution in [0.1, 0.15) is 63.5 Å². The predicted octanol–water partition coefficient (Wildman–Crippen LogP) is 5.87. The monoisotopic (exact) mass is 328 g/mol. The van der Waals surface area contributed by atoms with E-state index in [0.717, 1.165) is 35.0 Å². The van der Waals surface area contributed by atoms with Crippen LogP contribution < -0.4 is 9.83 Å². The van der Waals surface area contributed by atoms with Gasteiger partial charge in [-0.1, -0.05) is 64.1 Å². The van der Waals surface area contributed by atoms with Gasteiger partial charge in [0, 0.05) is 5.56 Å². The Labute approximate surface area is 139 Å². The second-order valence-electron chi connectivity index (χ2n) is 6.50. The first kappa shape index (κ1) is 16.3. The van der Waals surface area contributed by atoms with Crippen molar-refractivity contribution in [1.29, 1.82) is 0 Å². The summed E-state index contributed by atoms with van der Waals surface area (Å²) >= 11 is 0. The summed E-state index contributed by atoms with van der Waals surface area (Å²) in [7, 11) is -2.26. The molecule has 0 spiro atoms. The predicted molar refractivity (Wildman–Crippen MR) is 98.6 cm³/mol. The summed E-state index contributed by atoms with van der Waals surface area (Å²) in [5.74, 6) is 1.63. The third kappa shape index (κ3) is 2.74. The molecule has 0 radical (unpaired) electrons. The van der Waals surface area contributed by atoms with Crippen LogP contribution in [-0.2, 0) is 4.57 Å². The molecule has 0 aliphatic carbocycles. The smallest absolute Gasteiger partial charge is 0.266 e. The molecular weight excluding hydrogens is 303 g/mol. The van der Waals surface area contributed by atoms with Crippen LogP contribution in [-0.4, -0.2) is 0 Å². The Hall–Kier alpha value is -1.53. The summed E-state index contributed by atoms with van der Waals surface area (Å²) in [5.41, 5.74) is 4.53. The maximum absolute atomic E-state index is 12.9. The van der Waals surface area contributed by atoms with Crippen LogP contribution in [0.3, 0.4) is 0 Å². The van der Waals surface area contributed by atoms with E-state index in [0.29, 0.717) is 11.8 Å². The van der Waals surface area contributed by atoms with Gasteiger partial charge in [-0.05, 0) is 41.4 Å². The average Bonchev–Trinajstić information content (AvgIpc) is 2.59. The molecule has 0 aromatic heterocycles. The lowest BCUT2D eigenvalue weighted by Crippen LogP contribution is -2.18. The van der Waals surface area contributed by atoms with Gasteiger partial charge in [0.2, 0.25) is 0 Å². The maximum Gasteiger partial charge on any atom is 0.266 e. The summed E-state index contributed by atoms with van der Waals surface area (Å²) in [6.45, 7) is 8.72. The number of rotatable bonds is 4. The second kappa shape index (κ2) is 6.53. The fourth-order valence-corrected chi connectivity index (χ4v) is 4.80. The molecule has 3 unspecified atom stereocenters. The zero-order valence-electron chi connectivity index (χ0n) is 14.3. The molecule has 2 aromatic rings. The van der Waals surface area contributed by atoms with Crippen molar-refractivity contribution in [1.82, 2.24) is 0 Å². The van der Waals surface area contributed by atoms with Crippen molar-refractivity contribution in [2.45, 2.75) is 52.4 Å². The Kier molecular flexibility index (Phi) is 4.64. The van der Waals surface area contributed by atoms with E-state index in [4.69, 9.17) is 4.52 Å². The van der Waals surface area contributed by atoms with Crippen LogP contribution in [0.5, 0.6) is 5.75 Å². The number of para-hydroxylation sites is 1. The van der Waals surface area contributed by atoms with E-state index in [2.05, 4.69) is 64.1 Å². The van der Waals surface area contributed by atoms with Gasteiger partial charge in [0.05, 0.1) is 5.30 Å². The van der Waals surface area contributed by atoms with Crippen molar-refractivity contribution >= 4 is 13.3 Å². The Morgan fingerprint density at radius 1 is 0.913 bits per heavy atom. The van der Waals surface area contributed by atoms with E-state index in [1.165, 1.54) is 11.1 Å². The topological polar surface area (TPSA) is 26.3 Å². The van der Waals surface area contributed by atoms with Gasteiger partial charge in [-0.3, -0.25) is 4.57 Å². The third-order valence-corrected chi connectivity index (χ3v) is 6.47. The highest BCUT2D eigenvalue weighted by Gasteiger charge is 2.28. The molecule has 23 heavy (non-hydrogen) atoms. The minimum Gasteiger partial charge on any atom is -0.441 e. The molecule has 3 heteroatoms. The lowest BCUT2D eigenvalue weighted by atomic mass is 9.90. The summed E-state index contributed by atoms with van der Waals surface area (Å²) in [6.07, 6.45) is 2.08. The quantitative estimate of drug-likeness (QED) is 0.656. The van der Waals surface area contributed by atoms with E-state index in [1.807, 2.05) is 0 Å². The van der Waals surface area contributed by atoms with Gasteiger partial charge in [-0.2, -0.15) is 0 Å². The van der Waals surface area contributed by atoms with Crippen LogP contribution in [0, 0.1) is 0 Å². The minimum atomic E-state index is -2.26. The lowest BCUT2D eigenvalue weighted by Gasteiger charge is -2.27. The Morgan fingerprint density at radius 3 is 2.13 bits per heavy atom. The van der Waals surface area contributed by atoms with Crippen LogP contribution in [0.4, 0.5) is 0 Å². The standard InChI is InChI=1S/C20H25O2P/c1-5-13(3)15-9-7-11-17-18-12-8-10-16(14(4)6-2)20(18)23(21)22-19(15)17/h7-14,23H,5-6H2,1-4H3. The molecule has 1 aliphatic heterocycles. The molecule has 0 saturated heterocycles. The highest BCUT2D eigenvalue weighted by molar-refractivity contribution is 7.49. The first-order valence-corrected chi connectivity index (χ1v) is 9.88. The maximum atomic E-state index is 12.9. The molecule has 0 N–H and O–H groups in total. The van der Waals surface area contributed by atoms with Gasteiger partial charge >= 0.3 is 0 Å². The summed E-state index contributed by atoms with van der Waals surface area (Å²) in [4.78, 5) is 0. The van der Waals surface area contributed by atoms with E-state index in [9.17, 15) is 4.57 Å². The van der Waals surface area contributed by atoms with Gasteiger partial charge in [0.1, 0.15) is 5.75 Å². The van der Waals surface area contributed by atoms with E-state index >= 15 is 0 Å². The van der Waals surface area contributed by atoms with Gasteiger partial charge in [0.15, 0.2) is 0 Å². The zero-order valence-corrected chi connectivity index (χ0v) is 15.3. The Bertz CT molecular complexity index is 751. The van der Waals surface area contributed by atoms with Crippen LogP contribution in [0.15, 0.2) is 36.4 Å². The highest BCUT2D eigenvalue weighted by atomic mass is 31.1. The fourth-order valence-electron chi connectivity index (χ4n) is 3.29. The normalized spacial score (nSPS) is 18.5. The summed E-state index contributed by atoms with van der Waals surface area (Å²) < 4.78 is 18.9. The molecular formula is C20H25O2P. The van der Waals surface area contributed by atoms with Gasteiger partial charge in [-0.15, -0.1) is 0 Å². The number of hydrogen-bond donors (Lipinski definition) is 0. The molecule has 1 aliphatic rings. The molecule has 2 nitrogen and oxygen atoms in total. The number of hydrogen-bond acceptors (Lipinski definition) is 2. The molecule has 2 aromatic carbocycles. The van der Waals surface area contributed by atoms with Crippen molar-refractivity contribution in [2.75, 3.05) is 0 Å². The minimum absolute atomic E-state index is 0.391. The van der Waals surface area contributed by atoms with E-state index < -0.39 is 8.03 Å². The molecule has 0 bridgehead atoms. The summed E-state index contributed by atoms with van der Waals surface area (Å²) in [5, 5.41) is 0.931. The molecule has 122 valence electrons. The van der Waals surface area contributed by atoms with E-state index in [1.54, 1.807) is 0 Å². The van der Waals surface area contributed by atoms with Crippen molar-refractivity contribution in [2.24, 2.45) is 0 Å². The van der Waals surface area contributed by atoms with Crippen molar-refractivity contribution in [3.8, 4) is 16.9 Å². The fraction of sp³-hybridized carbons (Fsp3) is 0.400. The van der Waals surface area contributed by atoms with Crippen LogP contribution in [0.25, 0.3) is 11.1 Å². The number of benzene rings is 2. The third-order valence-electron chi connectivity index (χ3n) is 5.12. The van der Waals surface area contributed by atoms with Gasteiger partial charge < -0.3 is 4.52 Å². The molecule has 0 saturated carbocycles. The zero-order chi connectivity index (χ0) is 16.6. The Morgan fingerprint density at radius 2 is 1.48 bits per heavy atom. The molecule has 1 heterocycles. The van der Waals surface area contributed by atoms with Gasteiger partial charge in [0.25, 0.3) is 8.03 Å². The molecule has 0 amide bonds. The van der Waals surface area contributed by atoms with Gasteiger partial charge in [-0.25, -0.2) is 0 Å². The Balaban J connectivity index is 2.24. The van der Waals surface area contributed by atoms with Crippen LogP contribution >= 0.6 is 8.03 Å². The molecule has 3 atom stereocenters. The van der Waals surface area contributed by atoms with Crippen molar-refractivity contribution < 1.29 is 9.09 Å². The summed E-state index contributed by atoms with van der Waals surface area (Å²) in [6, 6.07) is 12.6. The molecule has 0 fully saturated rings. The van der Waals surface area contributed by atoms with Crippen molar-refractivity contribution in [3.05, 3.63) is 47.5 Å². The molecule has 3 rings (SSSR count). The second-order valence-corrected chi connectivity index (χ2v) is 7.78. The first-order chi connectivity index (χ1) is 11.1. The largest absolute Gasteiger partial charge is 0.441 e. The number of fused-ring (bicyclic) bond motifs is 3. The van der Waals surface area contributed by atoms with Crippen molar-refractivity contribution in [3.63, 3.8) is 0 Å². The average molecular weight is 328 g/mol. The first-order valence-electron chi connectivity index (χ1n) is 8.56. The van der Waals surface area contributed by atoms with Crippen LogP contribution in [0.2, 0.25) is 0 Å². The SMILES string of the molecule is CCC(C)c1cccc2c1O[PH](=O)c1c-2cccc1C(C)CC. The lowest BCUT2D eigenvalue weighted by molar-refractivity contribution is 0.506. The van der Waals surface area contributed by atoms with E-state index in [-0.39, 0.29) is 0 Å².